The molecule has 1 aromatic rings. The van der Waals surface area contributed by atoms with E-state index in [1.165, 1.54) is 32.1 Å². The van der Waals surface area contributed by atoms with Gasteiger partial charge in [0.15, 0.2) is 6.10 Å². The first-order valence-electron chi connectivity index (χ1n) is 7.80. The van der Waals surface area contributed by atoms with Gasteiger partial charge in [0.25, 0.3) is 5.91 Å². The number of rotatable bonds is 5. The highest BCUT2D eigenvalue weighted by Gasteiger charge is 2.20. The lowest BCUT2D eigenvalue weighted by Gasteiger charge is -2.22. The number of benzene rings is 1. The molecule has 0 aromatic heterocycles. The van der Waals surface area contributed by atoms with E-state index in [1.807, 2.05) is 12.1 Å². The highest BCUT2D eigenvalue weighted by atomic mass is 127. The number of amides is 1. The minimum Gasteiger partial charge on any atom is -0.449 e. The van der Waals surface area contributed by atoms with Gasteiger partial charge in [-0.3, -0.25) is 4.79 Å². The molecular formula is C17H22INO3. The van der Waals surface area contributed by atoms with E-state index in [0.717, 1.165) is 3.57 Å². The lowest BCUT2D eigenvalue weighted by atomic mass is 9.89. The molecule has 4 nitrogen and oxygen atoms in total. The van der Waals surface area contributed by atoms with E-state index >= 15 is 0 Å². The van der Waals surface area contributed by atoms with Gasteiger partial charge in [0.1, 0.15) is 0 Å². The molecule has 0 bridgehead atoms. The summed E-state index contributed by atoms with van der Waals surface area (Å²) in [5.41, 5.74) is 0.465. The molecule has 120 valence electrons. The van der Waals surface area contributed by atoms with E-state index in [4.69, 9.17) is 4.74 Å². The summed E-state index contributed by atoms with van der Waals surface area (Å²) in [7, 11) is 0. The van der Waals surface area contributed by atoms with Crippen LogP contribution < -0.4 is 5.32 Å². The van der Waals surface area contributed by atoms with E-state index in [0.29, 0.717) is 18.0 Å². The zero-order valence-corrected chi connectivity index (χ0v) is 15.0. The van der Waals surface area contributed by atoms with Gasteiger partial charge in [-0.1, -0.05) is 19.3 Å². The van der Waals surface area contributed by atoms with Gasteiger partial charge in [-0.05, 0) is 72.5 Å². The van der Waals surface area contributed by atoms with Crippen molar-refractivity contribution in [3.63, 3.8) is 0 Å². The van der Waals surface area contributed by atoms with Gasteiger partial charge in [-0.2, -0.15) is 0 Å². The summed E-state index contributed by atoms with van der Waals surface area (Å²) < 4.78 is 6.27. The van der Waals surface area contributed by atoms with Gasteiger partial charge in [-0.25, -0.2) is 4.79 Å². The molecule has 1 aliphatic rings. The summed E-state index contributed by atoms with van der Waals surface area (Å²) in [6.45, 7) is 2.30. The van der Waals surface area contributed by atoms with Gasteiger partial charge in [0, 0.05) is 10.1 Å². The molecule has 0 radical (unpaired) electrons. The zero-order chi connectivity index (χ0) is 15.9. The molecule has 0 unspecified atom stereocenters. The van der Waals surface area contributed by atoms with Crippen LogP contribution >= 0.6 is 22.6 Å². The van der Waals surface area contributed by atoms with Crippen LogP contribution in [0.4, 0.5) is 0 Å². The Labute approximate surface area is 145 Å². The Balaban J connectivity index is 1.77. The number of nitrogens with one attached hydrogen (secondary N) is 1. The van der Waals surface area contributed by atoms with Crippen molar-refractivity contribution in [1.82, 2.24) is 5.32 Å². The standard InChI is InChI=1S/C17H22INO3/c1-12(16(20)19-11-13-5-3-2-4-6-13)22-17(21)14-7-9-15(18)10-8-14/h7-10,12-13H,2-6,11H2,1H3,(H,19,20)/t12-/m0/s1. The first kappa shape index (κ1) is 17.2. The summed E-state index contributed by atoms with van der Waals surface area (Å²) in [6.07, 6.45) is 5.38. The van der Waals surface area contributed by atoms with Crippen molar-refractivity contribution in [3.05, 3.63) is 33.4 Å². The lowest BCUT2D eigenvalue weighted by molar-refractivity contribution is -0.129. The van der Waals surface area contributed by atoms with Crippen molar-refractivity contribution in [2.75, 3.05) is 6.54 Å². The normalized spacial score (nSPS) is 16.8. The van der Waals surface area contributed by atoms with Gasteiger partial charge in [-0.15, -0.1) is 0 Å². The first-order valence-corrected chi connectivity index (χ1v) is 8.88. The number of hydrogen-bond donors (Lipinski definition) is 1. The number of carbonyl (C=O) groups is 2. The van der Waals surface area contributed by atoms with Crippen molar-refractivity contribution in [3.8, 4) is 0 Å². The zero-order valence-electron chi connectivity index (χ0n) is 12.8. The monoisotopic (exact) mass is 415 g/mol. The molecule has 5 heteroatoms. The number of hydrogen-bond acceptors (Lipinski definition) is 3. The molecule has 0 saturated heterocycles. The fraction of sp³-hybridized carbons (Fsp3) is 0.529. The highest BCUT2D eigenvalue weighted by molar-refractivity contribution is 14.1. The number of halogens is 1. The van der Waals surface area contributed by atoms with Crippen LogP contribution in [0.15, 0.2) is 24.3 Å². The van der Waals surface area contributed by atoms with Crippen molar-refractivity contribution in [2.45, 2.75) is 45.1 Å². The fourth-order valence-corrected chi connectivity index (χ4v) is 3.01. The van der Waals surface area contributed by atoms with Crippen LogP contribution in [0.3, 0.4) is 0 Å². The molecule has 2 rings (SSSR count). The molecule has 1 aliphatic carbocycles. The molecule has 1 amide bonds. The SMILES string of the molecule is C[C@H](OC(=O)c1ccc(I)cc1)C(=O)NCC1CCCCC1. The maximum absolute atomic E-state index is 12.0. The topological polar surface area (TPSA) is 55.4 Å². The average Bonchev–Trinajstić information content (AvgIpc) is 2.54. The second kappa shape index (κ2) is 8.50. The van der Waals surface area contributed by atoms with Crippen LogP contribution in [0, 0.1) is 9.49 Å². The Morgan fingerprint density at radius 2 is 1.86 bits per heavy atom. The van der Waals surface area contributed by atoms with E-state index in [-0.39, 0.29) is 5.91 Å². The third kappa shape index (κ3) is 5.26. The molecule has 1 fully saturated rings. The molecule has 1 N–H and O–H groups in total. The van der Waals surface area contributed by atoms with Crippen molar-refractivity contribution in [1.29, 1.82) is 0 Å². The van der Waals surface area contributed by atoms with E-state index < -0.39 is 12.1 Å². The predicted molar refractivity (Wildman–Crippen MR) is 93.6 cm³/mol. The summed E-state index contributed by atoms with van der Waals surface area (Å²) >= 11 is 2.17. The second-order valence-corrected chi connectivity index (χ2v) is 7.05. The van der Waals surface area contributed by atoms with Crippen LogP contribution in [0.5, 0.6) is 0 Å². The Morgan fingerprint density at radius 1 is 1.23 bits per heavy atom. The average molecular weight is 415 g/mol. The number of esters is 1. The molecule has 0 aliphatic heterocycles. The Morgan fingerprint density at radius 3 is 2.50 bits per heavy atom. The molecular weight excluding hydrogens is 393 g/mol. The summed E-state index contributed by atoms with van der Waals surface area (Å²) in [6, 6.07) is 7.09. The Kier molecular flexibility index (Phi) is 6.67. The van der Waals surface area contributed by atoms with Crippen LogP contribution in [-0.2, 0) is 9.53 Å². The van der Waals surface area contributed by atoms with Gasteiger partial charge >= 0.3 is 5.97 Å². The van der Waals surface area contributed by atoms with Crippen molar-refractivity contribution in [2.24, 2.45) is 5.92 Å². The van der Waals surface area contributed by atoms with Crippen LogP contribution in [0.1, 0.15) is 49.4 Å². The molecule has 1 atom stereocenters. The summed E-state index contributed by atoms with van der Waals surface area (Å²) in [5.74, 6) is -0.113. The van der Waals surface area contributed by atoms with Gasteiger partial charge < -0.3 is 10.1 Å². The Hall–Kier alpha value is -1.11. The molecule has 1 aromatic carbocycles. The van der Waals surface area contributed by atoms with Gasteiger partial charge in [0.05, 0.1) is 5.56 Å². The highest BCUT2D eigenvalue weighted by Crippen LogP contribution is 2.22. The van der Waals surface area contributed by atoms with Crippen LogP contribution in [0.2, 0.25) is 0 Å². The van der Waals surface area contributed by atoms with E-state index in [9.17, 15) is 9.59 Å². The first-order chi connectivity index (χ1) is 10.6. The largest absolute Gasteiger partial charge is 0.449 e. The third-order valence-electron chi connectivity index (χ3n) is 4.02. The minimum absolute atomic E-state index is 0.218. The lowest BCUT2D eigenvalue weighted by Crippen LogP contribution is -2.38. The second-order valence-electron chi connectivity index (χ2n) is 5.80. The molecule has 0 spiro atoms. The smallest absolute Gasteiger partial charge is 0.338 e. The van der Waals surface area contributed by atoms with Gasteiger partial charge in [0.2, 0.25) is 0 Å². The molecule has 1 saturated carbocycles. The number of ether oxygens (including phenoxy) is 1. The molecule has 0 heterocycles. The maximum Gasteiger partial charge on any atom is 0.338 e. The van der Waals surface area contributed by atoms with Crippen LogP contribution in [-0.4, -0.2) is 24.5 Å². The van der Waals surface area contributed by atoms with Crippen LogP contribution in [0.25, 0.3) is 0 Å². The Bertz CT molecular complexity index is 509. The summed E-state index contributed by atoms with van der Waals surface area (Å²) in [4.78, 5) is 24.0. The maximum atomic E-state index is 12.0. The third-order valence-corrected chi connectivity index (χ3v) is 4.74. The fourth-order valence-electron chi connectivity index (χ4n) is 2.65. The number of carbonyl (C=O) groups excluding carboxylic acids is 2. The van der Waals surface area contributed by atoms with E-state index in [2.05, 4.69) is 27.9 Å². The summed E-state index contributed by atoms with van der Waals surface area (Å²) in [5, 5.41) is 2.90. The van der Waals surface area contributed by atoms with Crippen molar-refractivity contribution < 1.29 is 14.3 Å². The van der Waals surface area contributed by atoms with E-state index in [1.54, 1.807) is 19.1 Å². The predicted octanol–water partition coefficient (Wildman–Crippen LogP) is 3.53. The molecule has 22 heavy (non-hydrogen) atoms. The minimum atomic E-state index is -0.768. The van der Waals surface area contributed by atoms with Crippen molar-refractivity contribution >= 4 is 34.5 Å². The quantitative estimate of drug-likeness (QED) is 0.592.